The molecular weight excluding hydrogens is 392 g/mol. The first-order valence-corrected chi connectivity index (χ1v) is 10.5. The first kappa shape index (κ1) is 19.6. The van der Waals surface area contributed by atoms with Crippen molar-refractivity contribution < 1.29 is 9.72 Å². The Morgan fingerprint density at radius 1 is 1.03 bits per heavy atom. The van der Waals surface area contributed by atoms with E-state index in [0.29, 0.717) is 23.1 Å². The minimum atomic E-state index is -0.856. The van der Waals surface area contributed by atoms with Gasteiger partial charge < -0.3 is 5.32 Å². The Hall–Kier alpha value is -3.35. The molecule has 0 saturated heterocycles. The lowest BCUT2D eigenvalue weighted by Crippen LogP contribution is -2.48. The number of anilines is 1. The molecule has 0 spiro atoms. The Balaban J connectivity index is 1.72. The number of benzene rings is 2. The lowest BCUT2D eigenvalue weighted by molar-refractivity contribution is -0.384. The van der Waals surface area contributed by atoms with Crippen LogP contribution in [0.2, 0.25) is 0 Å². The minimum absolute atomic E-state index is 0.0335. The topological polar surface area (TPSA) is 98.0 Å². The summed E-state index contributed by atoms with van der Waals surface area (Å²) in [7, 11) is 0. The van der Waals surface area contributed by atoms with Crippen molar-refractivity contribution in [3.63, 3.8) is 0 Å². The van der Waals surface area contributed by atoms with Crippen LogP contribution in [0.25, 0.3) is 11.0 Å². The van der Waals surface area contributed by atoms with E-state index in [9.17, 15) is 14.9 Å². The molecule has 2 bridgehead atoms. The first-order valence-electron chi connectivity index (χ1n) is 10.5. The number of aryl methyl sites for hydroxylation is 1. The summed E-state index contributed by atoms with van der Waals surface area (Å²) in [6, 6.07) is 12.2. The Kier molecular flexibility index (Phi) is 3.85. The highest BCUT2D eigenvalue weighted by atomic mass is 16.6. The predicted octanol–water partition coefficient (Wildman–Crippen LogP) is 4.81. The van der Waals surface area contributed by atoms with Gasteiger partial charge in [0.1, 0.15) is 0 Å². The lowest BCUT2D eigenvalue weighted by Gasteiger charge is -2.39. The number of hydrogen-bond acceptors (Lipinski definition) is 5. The fraction of sp³-hybridized carbons (Fsp3) is 0.375. The SMILES string of the molecule is Cc1ccccc1NC(=O)C12CCC(C)(c3nc4ccc([N+](=O)[O-])cc4nc31)C2(C)C. The molecule has 31 heavy (non-hydrogen) atoms. The Labute approximate surface area is 180 Å². The molecule has 2 aliphatic rings. The molecule has 0 radical (unpaired) electrons. The van der Waals surface area contributed by atoms with Gasteiger partial charge in [-0.05, 0) is 42.9 Å². The summed E-state index contributed by atoms with van der Waals surface area (Å²) in [5.41, 5.74) is 2.71. The van der Waals surface area contributed by atoms with Gasteiger partial charge in [-0.15, -0.1) is 0 Å². The molecule has 7 heteroatoms. The molecular formula is C24H24N4O3. The van der Waals surface area contributed by atoms with E-state index < -0.39 is 15.8 Å². The molecule has 3 aromatic rings. The number of nitro groups is 1. The van der Waals surface area contributed by atoms with Crippen LogP contribution in [0.3, 0.4) is 0 Å². The van der Waals surface area contributed by atoms with E-state index in [-0.39, 0.29) is 17.0 Å². The van der Waals surface area contributed by atoms with Gasteiger partial charge in [0.05, 0.1) is 32.8 Å². The van der Waals surface area contributed by atoms with Crippen molar-refractivity contribution in [1.82, 2.24) is 9.97 Å². The Morgan fingerprint density at radius 2 is 1.74 bits per heavy atom. The molecule has 1 N–H and O–H groups in total. The van der Waals surface area contributed by atoms with Gasteiger partial charge in [0.15, 0.2) is 0 Å². The van der Waals surface area contributed by atoms with Crippen molar-refractivity contribution in [1.29, 1.82) is 0 Å². The highest BCUT2D eigenvalue weighted by Gasteiger charge is 2.73. The molecule has 7 nitrogen and oxygen atoms in total. The second kappa shape index (κ2) is 6.09. The largest absolute Gasteiger partial charge is 0.325 e. The quantitative estimate of drug-likeness (QED) is 0.488. The highest BCUT2D eigenvalue weighted by Crippen LogP contribution is 2.70. The lowest BCUT2D eigenvalue weighted by atomic mass is 9.63. The molecule has 1 amide bonds. The average Bonchev–Trinajstić information content (AvgIpc) is 3.03. The molecule has 1 heterocycles. The van der Waals surface area contributed by atoms with Crippen molar-refractivity contribution >= 4 is 28.3 Å². The van der Waals surface area contributed by atoms with Crippen LogP contribution in [0.1, 0.15) is 50.6 Å². The molecule has 2 aliphatic carbocycles. The molecule has 2 atom stereocenters. The smallest absolute Gasteiger partial charge is 0.271 e. The summed E-state index contributed by atoms with van der Waals surface area (Å²) in [6.07, 6.45) is 1.50. The van der Waals surface area contributed by atoms with E-state index in [0.717, 1.165) is 23.4 Å². The maximum atomic E-state index is 13.9. The number of carbonyl (C=O) groups is 1. The van der Waals surface area contributed by atoms with E-state index in [4.69, 9.17) is 9.97 Å². The van der Waals surface area contributed by atoms with E-state index in [1.165, 1.54) is 12.1 Å². The highest BCUT2D eigenvalue weighted by molar-refractivity contribution is 6.02. The summed E-state index contributed by atoms with van der Waals surface area (Å²) >= 11 is 0. The monoisotopic (exact) mass is 416 g/mol. The number of nitro benzene ring substituents is 1. The summed E-state index contributed by atoms with van der Waals surface area (Å²) in [6.45, 7) is 8.36. The zero-order valence-electron chi connectivity index (χ0n) is 18.0. The first-order chi connectivity index (χ1) is 14.6. The third-order valence-corrected chi connectivity index (χ3v) is 8.01. The van der Waals surface area contributed by atoms with Crippen LogP contribution in [-0.2, 0) is 15.6 Å². The molecule has 2 aromatic carbocycles. The number of nitrogens with zero attached hydrogens (tertiary/aromatic N) is 3. The van der Waals surface area contributed by atoms with Gasteiger partial charge >= 0.3 is 0 Å². The molecule has 0 aliphatic heterocycles. The van der Waals surface area contributed by atoms with Crippen LogP contribution in [0.15, 0.2) is 42.5 Å². The number of carbonyl (C=O) groups excluding carboxylic acids is 1. The van der Waals surface area contributed by atoms with Gasteiger partial charge in [-0.2, -0.15) is 0 Å². The number of fused-ring (bicyclic) bond motifs is 6. The van der Waals surface area contributed by atoms with Crippen molar-refractivity contribution in [2.45, 2.75) is 51.4 Å². The fourth-order valence-corrected chi connectivity index (χ4v) is 5.65. The van der Waals surface area contributed by atoms with Gasteiger partial charge in [0.25, 0.3) is 5.69 Å². The maximum Gasteiger partial charge on any atom is 0.271 e. The van der Waals surface area contributed by atoms with E-state index in [2.05, 4.69) is 26.1 Å². The number of non-ortho nitro benzene ring substituents is 1. The van der Waals surface area contributed by atoms with Gasteiger partial charge in [0, 0.05) is 23.2 Å². The van der Waals surface area contributed by atoms with Gasteiger partial charge in [-0.1, -0.05) is 39.0 Å². The van der Waals surface area contributed by atoms with E-state index in [1.54, 1.807) is 6.07 Å². The fourth-order valence-electron chi connectivity index (χ4n) is 5.65. The molecule has 1 aromatic heterocycles. The number of amides is 1. The summed E-state index contributed by atoms with van der Waals surface area (Å²) in [5.74, 6) is -0.0895. The van der Waals surface area contributed by atoms with Crippen molar-refractivity contribution in [3.05, 3.63) is 69.5 Å². The number of hydrogen-bond donors (Lipinski definition) is 1. The van der Waals surface area contributed by atoms with Crippen molar-refractivity contribution in [2.24, 2.45) is 5.41 Å². The minimum Gasteiger partial charge on any atom is -0.325 e. The van der Waals surface area contributed by atoms with Gasteiger partial charge in [-0.3, -0.25) is 14.9 Å². The van der Waals surface area contributed by atoms with Crippen LogP contribution >= 0.6 is 0 Å². The van der Waals surface area contributed by atoms with E-state index >= 15 is 0 Å². The van der Waals surface area contributed by atoms with Gasteiger partial charge in [0.2, 0.25) is 5.91 Å². The third kappa shape index (κ3) is 2.31. The predicted molar refractivity (Wildman–Crippen MR) is 118 cm³/mol. The van der Waals surface area contributed by atoms with Crippen LogP contribution in [0.4, 0.5) is 11.4 Å². The number of aromatic nitrogens is 2. The second-order valence-electron chi connectivity index (χ2n) is 9.48. The van der Waals surface area contributed by atoms with Crippen molar-refractivity contribution in [2.75, 3.05) is 5.32 Å². The molecule has 5 rings (SSSR count). The normalized spacial score (nSPS) is 25.4. The zero-order chi connectivity index (χ0) is 22.2. The van der Waals surface area contributed by atoms with Crippen molar-refractivity contribution in [3.8, 4) is 0 Å². The van der Waals surface area contributed by atoms with Crippen LogP contribution in [-0.4, -0.2) is 20.8 Å². The Bertz CT molecular complexity index is 1290. The second-order valence-corrected chi connectivity index (χ2v) is 9.48. The van der Waals surface area contributed by atoms with Crippen LogP contribution in [0, 0.1) is 22.5 Å². The third-order valence-electron chi connectivity index (χ3n) is 8.01. The average molecular weight is 416 g/mol. The Morgan fingerprint density at radius 3 is 2.45 bits per heavy atom. The van der Waals surface area contributed by atoms with Gasteiger partial charge in [-0.25, -0.2) is 9.97 Å². The number of rotatable bonds is 3. The number of nitrogens with one attached hydrogen (secondary N) is 1. The molecule has 1 saturated carbocycles. The summed E-state index contributed by atoms with van der Waals surface area (Å²) in [4.78, 5) is 34.5. The standard InChI is InChI=1S/C24H24N4O3/c1-14-7-5-6-8-16(14)27-21(29)24-12-11-23(4,22(24,2)3)19-20(24)26-18-13-15(28(30)31)9-10-17(18)25-19/h5-10,13H,11-12H2,1-4H3,(H,27,29). The summed E-state index contributed by atoms with van der Waals surface area (Å²) in [5, 5.41) is 14.4. The maximum absolute atomic E-state index is 13.9. The zero-order valence-corrected chi connectivity index (χ0v) is 18.0. The number of para-hydroxylation sites is 1. The van der Waals surface area contributed by atoms with Crippen LogP contribution in [0.5, 0.6) is 0 Å². The van der Waals surface area contributed by atoms with Crippen LogP contribution < -0.4 is 5.32 Å². The molecule has 2 unspecified atom stereocenters. The summed E-state index contributed by atoms with van der Waals surface area (Å²) < 4.78 is 0. The molecule has 1 fully saturated rings. The van der Waals surface area contributed by atoms with E-state index in [1.807, 2.05) is 31.2 Å². The molecule has 158 valence electrons.